The number of nitro groups is 1. The van der Waals surface area contributed by atoms with Crippen LogP contribution in [-0.4, -0.2) is 56.1 Å². The molecule has 0 unspecified atom stereocenters. The second kappa shape index (κ2) is 7.82. The molecule has 1 aliphatic heterocycles. The van der Waals surface area contributed by atoms with Crippen molar-refractivity contribution in [2.75, 3.05) is 34.4 Å². The zero-order valence-electron chi connectivity index (χ0n) is 14.3. The van der Waals surface area contributed by atoms with Crippen LogP contribution in [0.3, 0.4) is 0 Å². The third-order valence-corrected chi connectivity index (χ3v) is 4.25. The number of hydrogen-bond donors (Lipinski definition) is 0. The van der Waals surface area contributed by atoms with Gasteiger partial charge in [-0.2, -0.15) is 0 Å². The number of ether oxygens (including phenoxy) is 3. The van der Waals surface area contributed by atoms with Crippen LogP contribution in [0.25, 0.3) is 0 Å². The largest absolute Gasteiger partial charge is 0.493 e. The van der Waals surface area contributed by atoms with Gasteiger partial charge < -0.3 is 19.1 Å². The third-order valence-electron chi connectivity index (χ3n) is 4.25. The molecule has 2 rings (SSSR count). The van der Waals surface area contributed by atoms with Crippen LogP contribution >= 0.6 is 0 Å². The quantitative estimate of drug-likeness (QED) is 0.450. The second-order valence-electron chi connectivity index (χ2n) is 5.57. The van der Waals surface area contributed by atoms with Gasteiger partial charge >= 0.3 is 5.97 Å². The molecule has 1 fully saturated rings. The first-order valence-corrected chi connectivity index (χ1v) is 7.70. The lowest BCUT2D eigenvalue weighted by molar-refractivity contribution is -0.385. The molecule has 1 aromatic rings. The maximum Gasteiger partial charge on any atom is 0.308 e. The Bertz CT molecular complexity index is 681. The molecule has 9 heteroatoms. The Morgan fingerprint density at radius 1 is 1.12 bits per heavy atom. The smallest absolute Gasteiger partial charge is 0.308 e. The molecule has 1 amide bonds. The minimum atomic E-state index is -0.629. The number of methoxy groups -OCH3 is 3. The summed E-state index contributed by atoms with van der Waals surface area (Å²) in [5.74, 6) is -0.620. The molecule has 0 atom stereocenters. The Kier molecular flexibility index (Phi) is 5.79. The topological polar surface area (TPSA) is 108 Å². The van der Waals surface area contributed by atoms with Crippen LogP contribution < -0.4 is 9.47 Å². The van der Waals surface area contributed by atoms with Crippen molar-refractivity contribution in [3.8, 4) is 11.5 Å². The van der Waals surface area contributed by atoms with E-state index in [4.69, 9.17) is 14.2 Å². The van der Waals surface area contributed by atoms with Gasteiger partial charge in [0, 0.05) is 19.2 Å². The molecule has 1 aromatic carbocycles. The fraction of sp³-hybridized carbons (Fsp3) is 0.500. The molecular formula is C16H20N2O7. The number of hydrogen-bond acceptors (Lipinski definition) is 7. The van der Waals surface area contributed by atoms with Crippen molar-refractivity contribution in [3.05, 3.63) is 27.8 Å². The molecule has 1 heterocycles. The van der Waals surface area contributed by atoms with Gasteiger partial charge in [0.1, 0.15) is 5.56 Å². The number of piperidine rings is 1. The summed E-state index contributed by atoms with van der Waals surface area (Å²) in [5.41, 5.74) is -0.420. The summed E-state index contributed by atoms with van der Waals surface area (Å²) in [6.07, 6.45) is 0.916. The van der Waals surface area contributed by atoms with E-state index in [2.05, 4.69) is 0 Å². The fourth-order valence-electron chi connectivity index (χ4n) is 2.85. The number of nitrogens with zero attached hydrogens (tertiary/aromatic N) is 2. The van der Waals surface area contributed by atoms with Gasteiger partial charge in [0.05, 0.1) is 38.2 Å². The number of benzene rings is 1. The summed E-state index contributed by atoms with van der Waals surface area (Å²) >= 11 is 0. The zero-order valence-corrected chi connectivity index (χ0v) is 14.3. The van der Waals surface area contributed by atoms with Gasteiger partial charge in [-0.1, -0.05) is 0 Å². The molecule has 0 bridgehead atoms. The van der Waals surface area contributed by atoms with E-state index in [0.29, 0.717) is 25.9 Å². The van der Waals surface area contributed by atoms with E-state index in [0.717, 1.165) is 0 Å². The maximum atomic E-state index is 12.7. The van der Waals surface area contributed by atoms with Gasteiger partial charge in [-0.3, -0.25) is 19.7 Å². The van der Waals surface area contributed by atoms with E-state index in [1.807, 2.05) is 0 Å². The second-order valence-corrected chi connectivity index (χ2v) is 5.57. The van der Waals surface area contributed by atoms with Crippen LogP contribution in [-0.2, 0) is 9.53 Å². The monoisotopic (exact) mass is 352 g/mol. The van der Waals surface area contributed by atoms with Crippen LogP contribution in [0.15, 0.2) is 12.1 Å². The minimum absolute atomic E-state index is 0.0702. The first kappa shape index (κ1) is 18.5. The van der Waals surface area contributed by atoms with E-state index in [1.165, 1.54) is 38.4 Å². The third kappa shape index (κ3) is 3.81. The molecule has 0 aliphatic carbocycles. The van der Waals surface area contributed by atoms with Crippen molar-refractivity contribution in [1.29, 1.82) is 0 Å². The Morgan fingerprint density at radius 2 is 1.68 bits per heavy atom. The summed E-state index contributed by atoms with van der Waals surface area (Å²) < 4.78 is 14.9. The SMILES string of the molecule is COC(=O)C1CCN(C(=O)c2cc(OC)c(OC)cc2[N+](=O)[O-])CC1. The number of nitro benzene ring substituents is 1. The normalized spacial score (nSPS) is 14.8. The molecule has 1 aliphatic rings. The van der Waals surface area contributed by atoms with Crippen molar-refractivity contribution in [2.24, 2.45) is 5.92 Å². The molecule has 0 N–H and O–H groups in total. The highest BCUT2D eigenvalue weighted by atomic mass is 16.6. The van der Waals surface area contributed by atoms with Crippen LogP contribution in [0.4, 0.5) is 5.69 Å². The molecule has 0 saturated carbocycles. The van der Waals surface area contributed by atoms with Gasteiger partial charge in [-0.25, -0.2) is 0 Å². The van der Waals surface area contributed by atoms with Crippen molar-refractivity contribution in [3.63, 3.8) is 0 Å². The minimum Gasteiger partial charge on any atom is -0.493 e. The van der Waals surface area contributed by atoms with E-state index >= 15 is 0 Å². The Balaban J connectivity index is 2.27. The van der Waals surface area contributed by atoms with Gasteiger partial charge in [0.2, 0.25) is 0 Å². The van der Waals surface area contributed by atoms with Crippen LogP contribution in [0.2, 0.25) is 0 Å². The molecule has 0 aromatic heterocycles. The summed E-state index contributed by atoms with van der Waals surface area (Å²) in [7, 11) is 4.08. The lowest BCUT2D eigenvalue weighted by atomic mass is 9.96. The highest BCUT2D eigenvalue weighted by molar-refractivity contribution is 5.99. The van der Waals surface area contributed by atoms with Crippen molar-refractivity contribution >= 4 is 17.6 Å². The molecule has 1 saturated heterocycles. The predicted octanol–water partition coefficient (Wildman–Crippen LogP) is 1.64. The number of carbonyl (C=O) groups excluding carboxylic acids is 2. The van der Waals surface area contributed by atoms with Crippen molar-refractivity contribution in [1.82, 2.24) is 4.90 Å². The summed E-state index contributed by atoms with van der Waals surface area (Å²) in [5, 5.41) is 11.3. The zero-order chi connectivity index (χ0) is 18.6. The number of esters is 1. The molecule has 9 nitrogen and oxygen atoms in total. The lowest BCUT2D eigenvalue weighted by Crippen LogP contribution is -2.40. The van der Waals surface area contributed by atoms with Crippen molar-refractivity contribution < 1.29 is 28.7 Å². The van der Waals surface area contributed by atoms with E-state index in [9.17, 15) is 19.7 Å². The molecule has 25 heavy (non-hydrogen) atoms. The van der Waals surface area contributed by atoms with E-state index < -0.39 is 10.8 Å². The molecule has 0 radical (unpaired) electrons. The first-order chi connectivity index (χ1) is 11.9. The average molecular weight is 352 g/mol. The number of carbonyl (C=O) groups is 2. The fourth-order valence-corrected chi connectivity index (χ4v) is 2.85. The molecular weight excluding hydrogens is 332 g/mol. The average Bonchev–Trinajstić information content (AvgIpc) is 2.65. The Morgan fingerprint density at radius 3 is 2.16 bits per heavy atom. The van der Waals surface area contributed by atoms with Gasteiger partial charge in [0.25, 0.3) is 11.6 Å². The van der Waals surface area contributed by atoms with Gasteiger partial charge in [-0.05, 0) is 12.8 Å². The van der Waals surface area contributed by atoms with Crippen LogP contribution in [0, 0.1) is 16.0 Å². The van der Waals surface area contributed by atoms with Gasteiger partial charge in [0.15, 0.2) is 11.5 Å². The standard InChI is InChI=1S/C16H20N2O7/c1-23-13-8-11(12(18(21)22)9-14(13)24-2)15(19)17-6-4-10(5-7-17)16(20)25-3/h8-10H,4-7H2,1-3H3. The van der Waals surface area contributed by atoms with Crippen molar-refractivity contribution in [2.45, 2.75) is 12.8 Å². The number of likely N-dealkylation sites (tertiary alicyclic amines) is 1. The summed E-state index contributed by atoms with van der Waals surface area (Å²) in [6.45, 7) is 0.647. The van der Waals surface area contributed by atoms with Gasteiger partial charge in [-0.15, -0.1) is 0 Å². The Labute approximate surface area is 144 Å². The number of amides is 1. The lowest BCUT2D eigenvalue weighted by Gasteiger charge is -2.30. The highest BCUT2D eigenvalue weighted by Gasteiger charge is 2.32. The summed E-state index contributed by atoms with van der Waals surface area (Å²) in [4.78, 5) is 36.5. The predicted molar refractivity (Wildman–Crippen MR) is 86.8 cm³/mol. The van der Waals surface area contributed by atoms with E-state index in [1.54, 1.807) is 0 Å². The maximum absolute atomic E-state index is 12.7. The highest BCUT2D eigenvalue weighted by Crippen LogP contribution is 2.35. The first-order valence-electron chi connectivity index (χ1n) is 7.70. The van der Waals surface area contributed by atoms with Crippen LogP contribution in [0.5, 0.6) is 11.5 Å². The Hall–Kier alpha value is -2.84. The van der Waals surface area contributed by atoms with Crippen LogP contribution in [0.1, 0.15) is 23.2 Å². The summed E-state index contributed by atoms with van der Waals surface area (Å²) in [6, 6.07) is 2.49. The van der Waals surface area contributed by atoms with E-state index in [-0.39, 0.29) is 34.6 Å². The molecule has 0 spiro atoms. The number of rotatable bonds is 5. The molecule has 136 valence electrons.